The van der Waals surface area contributed by atoms with E-state index in [0.29, 0.717) is 17.6 Å². The van der Waals surface area contributed by atoms with Crippen LogP contribution in [0, 0.1) is 6.92 Å². The Kier molecular flexibility index (Phi) is 5.00. The minimum absolute atomic E-state index is 0.561. The molecule has 6 heteroatoms. The fraction of sp³-hybridized carbons (Fsp3) is 0.143. The van der Waals surface area contributed by atoms with Crippen LogP contribution in [0.3, 0.4) is 0 Å². The van der Waals surface area contributed by atoms with Crippen molar-refractivity contribution in [2.24, 2.45) is 5.73 Å². The van der Waals surface area contributed by atoms with Crippen LogP contribution >= 0.6 is 11.3 Å². The van der Waals surface area contributed by atoms with Crippen LogP contribution in [0.5, 0.6) is 22.6 Å². The molecule has 4 aromatic rings. The van der Waals surface area contributed by atoms with Crippen molar-refractivity contribution in [2.45, 2.75) is 13.3 Å². The summed E-state index contributed by atoms with van der Waals surface area (Å²) < 4.78 is 11.7. The van der Waals surface area contributed by atoms with Crippen molar-refractivity contribution in [1.29, 1.82) is 0 Å². The lowest BCUT2D eigenvalue weighted by atomic mass is 10.1. The molecular formula is C21H19N3O2S. The molecule has 0 amide bonds. The van der Waals surface area contributed by atoms with Crippen LogP contribution in [-0.4, -0.2) is 16.5 Å². The molecule has 0 saturated carbocycles. The van der Waals surface area contributed by atoms with Gasteiger partial charge in [-0.1, -0.05) is 17.4 Å². The number of nitrogens with zero attached hydrogens (tertiary/aromatic N) is 2. The molecule has 0 aliphatic carbocycles. The second-order valence-corrected chi connectivity index (χ2v) is 7.00. The molecule has 5 nitrogen and oxygen atoms in total. The van der Waals surface area contributed by atoms with Gasteiger partial charge >= 0.3 is 0 Å². The number of pyridine rings is 1. The summed E-state index contributed by atoms with van der Waals surface area (Å²) in [7, 11) is 0. The van der Waals surface area contributed by atoms with E-state index in [1.807, 2.05) is 48.7 Å². The number of ether oxygens (including phenoxy) is 2. The Morgan fingerprint density at radius 3 is 2.74 bits per heavy atom. The zero-order valence-corrected chi connectivity index (χ0v) is 15.7. The predicted octanol–water partition coefficient (Wildman–Crippen LogP) is 5.09. The van der Waals surface area contributed by atoms with Crippen molar-refractivity contribution in [1.82, 2.24) is 9.97 Å². The van der Waals surface area contributed by atoms with Gasteiger partial charge in [0.05, 0.1) is 5.52 Å². The second-order valence-electron chi connectivity index (χ2n) is 6.14. The van der Waals surface area contributed by atoms with Crippen LogP contribution in [0.2, 0.25) is 0 Å². The van der Waals surface area contributed by atoms with Crippen molar-refractivity contribution >= 4 is 22.2 Å². The van der Waals surface area contributed by atoms with Gasteiger partial charge in [-0.25, -0.2) is 9.97 Å². The van der Waals surface area contributed by atoms with Gasteiger partial charge in [-0.15, -0.1) is 0 Å². The average Bonchev–Trinajstić information content (AvgIpc) is 3.17. The summed E-state index contributed by atoms with van der Waals surface area (Å²) in [5.41, 5.74) is 8.70. The first kappa shape index (κ1) is 17.5. The smallest absolute Gasteiger partial charge is 0.278 e. The van der Waals surface area contributed by atoms with E-state index in [-0.39, 0.29) is 0 Å². The van der Waals surface area contributed by atoms with E-state index >= 15 is 0 Å². The molecule has 27 heavy (non-hydrogen) atoms. The number of aromatic nitrogens is 2. The number of hydrogen-bond donors (Lipinski definition) is 1. The molecule has 0 saturated heterocycles. The van der Waals surface area contributed by atoms with Crippen molar-refractivity contribution in [3.05, 3.63) is 71.2 Å². The summed E-state index contributed by atoms with van der Waals surface area (Å²) in [6, 6.07) is 15.8. The predicted molar refractivity (Wildman–Crippen MR) is 108 cm³/mol. The SMILES string of the molecule is Cc1cc(Oc2nccs2)ccc1Oc1ccc2cc(CCN)ccc2n1. The largest absolute Gasteiger partial charge is 0.439 e. The molecule has 0 aliphatic rings. The van der Waals surface area contributed by atoms with Gasteiger partial charge in [0.25, 0.3) is 5.19 Å². The van der Waals surface area contributed by atoms with Gasteiger partial charge in [0.1, 0.15) is 11.5 Å². The molecule has 0 radical (unpaired) electrons. The molecule has 2 aromatic carbocycles. The number of rotatable bonds is 6. The summed E-state index contributed by atoms with van der Waals surface area (Å²) in [5.74, 6) is 2.03. The quantitative estimate of drug-likeness (QED) is 0.507. The number of hydrogen-bond acceptors (Lipinski definition) is 6. The van der Waals surface area contributed by atoms with Crippen molar-refractivity contribution in [3.63, 3.8) is 0 Å². The van der Waals surface area contributed by atoms with Crippen LogP contribution < -0.4 is 15.2 Å². The zero-order valence-electron chi connectivity index (χ0n) is 14.9. The minimum atomic E-state index is 0.561. The van der Waals surface area contributed by atoms with Gasteiger partial charge in [0.15, 0.2) is 0 Å². The van der Waals surface area contributed by atoms with E-state index in [2.05, 4.69) is 22.1 Å². The van der Waals surface area contributed by atoms with Crippen LogP contribution in [0.4, 0.5) is 0 Å². The highest BCUT2D eigenvalue weighted by Gasteiger charge is 2.07. The highest BCUT2D eigenvalue weighted by atomic mass is 32.1. The van der Waals surface area contributed by atoms with Gasteiger partial charge < -0.3 is 15.2 Å². The number of fused-ring (bicyclic) bond motifs is 1. The van der Waals surface area contributed by atoms with Gasteiger partial charge in [-0.05, 0) is 67.4 Å². The summed E-state index contributed by atoms with van der Waals surface area (Å²) in [6.07, 6.45) is 2.58. The molecule has 2 N–H and O–H groups in total. The van der Waals surface area contributed by atoms with Crippen LogP contribution in [0.25, 0.3) is 10.9 Å². The van der Waals surface area contributed by atoms with Gasteiger partial charge in [0, 0.05) is 23.0 Å². The van der Waals surface area contributed by atoms with Crippen LogP contribution in [0.15, 0.2) is 60.1 Å². The molecule has 2 aromatic heterocycles. The maximum atomic E-state index is 5.99. The van der Waals surface area contributed by atoms with E-state index in [0.717, 1.165) is 34.4 Å². The van der Waals surface area contributed by atoms with Crippen LogP contribution in [0.1, 0.15) is 11.1 Å². The Morgan fingerprint density at radius 2 is 1.96 bits per heavy atom. The summed E-state index contributed by atoms with van der Waals surface area (Å²) in [6.45, 7) is 2.62. The molecule has 2 heterocycles. The molecule has 136 valence electrons. The van der Waals surface area contributed by atoms with Crippen molar-refractivity contribution < 1.29 is 9.47 Å². The van der Waals surface area contributed by atoms with E-state index < -0.39 is 0 Å². The summed E-state index contributed by atoms with van der Waals surface area (Å²) in [4.78, 5) is 8.73. The number of nitrogens with two attached hydrogens (primary N) is 1. The maximum absolute atomic E-state index is 5.99. The second kappa shape index (κ2) is 7.73. The molecule has 0 spiro atoms. The lowest BCUT2D eigenvalue weighted by Crippen LogP contribution is -2.02. The average molecular weight is 377 g/mol. The highest BCUT2D eigenvalue weighted by molar-refractivity contribution is 7.11. The molecule has 0 fully saturated rings. The lowest BCUT2D eigenvalue weighted by Gasteiger charge is -2.10. The standard InChI is InChI=1S/C21H19N3O2S/c1-14-12-17(25-21-23-10-11-27-21)4-6-19(14)26-20-7-3-16-13-15(8-9-22)2-5-18(16)24-20/h2-7,10-13H,8-9,22H2,1H3. The summed E-state index contributed by atoms with van der Waals surface area (Å²) in [5, 5.41) is 3.58. The molecule has 0 unspecified atom stereocenters. The van der Waals surface area contributed by atoms with Crippen molar-refractivity contribution in [2.75, 3.05) is 6.54 Å². The van der Waals surface area contributed by atoms with E-state index in [1.165, 1.54) is 16.9 Å². The molecule has 0 atom stereocenters. The third-order valence-electron chi connectivity index (χ3n) is 4.14. The third kappa shape index (κ3) is 4.07. The molecule has 4 rings (SSSR count). The van der Waals surface area contributed by atoms with E-state index in [4.69, 9.17) is 15.2 Å². The molecular weight excluding hydrogens is 358 g/mol. The summed E-state index contributed by atoms with van der Waals surface area (Å²) >= 11 is 1.45. The first-order valence-corrected chi connectivity index (χ1v) is 9.55. The Labute approximate surface area is 161 Å². The molecule has 0 aliphatic heterocycles. The maximum Gasteiger partial charge on any atom is 0.278 e. The Bertz CT molecular complexity index is 1060. The number of aryl methyl sites for hydroxylation is 1. The first-order chi connectivity index (χ1) is 13.2. The lowest BCUT2D eigenvalue weighted by molar-refractivity contribution is 0.454. The van der Waals surface area contributed by atoms with Gasteiger partial charge in [0.2, 0.25) is 5.88 Å². The zero-order chi connectivity index (χ0) is 18.6. The Balaban J connectivity index is 1.53. The van der Waals surface area contributed by atoms with E-state index in [9.17, 15) is 0 Å². The van der Waals surface area contributed by atoms with Crippen molar-refractivity contribution in [3.8, 4) is 22.6 Å². The fourth-order valence-corrected chi connectivity index (χ4v) is 3.31. The van der Waals surface area contributed by atoms with Gasteiger partial charge in [-0.2, -0.15) is 0 Å². The number of benzene rings is 2. The van der Waals surface area contributed by atoms with Crippen LogP contribution in [-0.2, 0) is 6.42 Å². The van der Waals surface area contributed by atoms with E-state index in [1.54, 1.807) is 6.20 Å². The topological polar surface area (TPSA) is 70.3 Å². The fourth-order valence-electron chi connectivity index (χ4n) is 2.81. The Morgan fingerprint density at radius 1 is 1.04 bits per heavy atom. The minimum Gasteiger partial charge on any atom is -0.439 e. The third-order valence-corrected chi connectivity index (χ3v) is 4.78. The normalized spacial score (nSPS) is 10.9. The molecule has 0 bridgehead atoms. The highest BCUT2D eigenvalue weighted by Crippen LogP contribution is 2.31. The first-order valence-electron chi connectivity index (χ1n) is 8.67. The monoisotopic (exact) mass is 377 g/mol. The number of thiazole rings is 1. The Hall–Kier alpha value is -2.96. The van der Waals surface area contributed by atoms with Gasteiger partial charge in [-0.3, -0.25) is 0 Å².